The molecule has 0 saturated heterocycles. The number of carbonyl (C=O) groups excluding carboxylic acids is 1. The number of aromatic nitrogens is 1. The summed E-state index contributed by atoms with van der Waals surface area (Å²) in [5.74, 6) is -0.679. The first-order chi connectivity index (χ1) is 14.3. The second-order valence-corrected chi connectivity index (χ2v) is 9.00. The number of nitrogens with one attached hydrogen (secondary N) is 1. The van der Waals surface area contributed by atoms with Crippen LogP contribution in [0.3, 0.4) is 0 Å². The molecule has 0 radical (unpaired) electrons. The molecule has 3 rings (SSSR count). The quantitative estimate of drug-likeness (QED) is 0.303. The fourth-order valence-corrected chi connectivity index (χ4v) is 4.22. The van der Waals surface area contributed by atoms with Gasteiger partial charge in [-0.05, 0) is 47.2 Å². The van der Waals surface area contributed by atoms with Gasteiger partial charge < -0.3 is 4.57 Å². The van der Waals surface area contributed by atoms with Crippen molar-refractivity contribution in [2.45, 2.75) is 43.9 Å². The molecule has 0 atom stereocenters. The summed E-state index contributed by atoms with van der Waals surface area (Å²) in [6.07, 6.45) is 5.55. The first-order valence-corrected chi connectivity index (χ1v) is 11.5. The van der Waals surface area contributed by atoms with Crippen LogP contribution >= 0.6 is 0 Å². The van der Waals surface area contributed by atoms with Crippen LogP contribution in [0.25, 0.3) is 22.0 Å². The van der Waals surface area contributed by atoms with Crippen molar-refractivity contribution in [3.63, 3.8) is 0 Å². The minimum Gasteiger partial charge on any atom is -0.351 e. The Morgan fingerprint density at radius 2 is 1.73 bits per heavy atom. The maximum Gasteiger partial charge on any atom is 0.262 e. The fourth-order valence-electron chi connectivity index (χ4n) is 3.29. The van der Waals surface area contributed by atoms with Gasteiger partial charge in [0.15, 0.2) is 0 Å². The zero-order valence-electron chi connectivity index (χ0n) is 17.2. The van der Waals surface area contributed by atoms with Crippen LogP contribution in [-0.4, -0.2) is 29.3 Å². The molecule has 0 spiro atoms. The summed E-state index contributed by atoms with van der Waals surface area (Å²) in [4.78, 5) is 13.8. The number of nitrogens with zero attached hydrogens (tertiary/aromatic N) is 2. The number of benzene rings is 2. The fraction of sp³-hybridized carbons (Fsp3) is 0.318. The van der Waals surface area contributed by atoms with Crippen molar-refractivity contribution < 1.29 is 18.4 Å². The van der Waals surface area contributed by atoms with Gasteiger partial charge in [-0.15, -0.1) is 5.17 Å². The second kappa shape index (κ2) is 9.42. The first-order valence-electron chi connectivity index (χ1n) is 10.0. The van der Waals surface area contributed by atoms with Crippen LogP contribution in [0.15, 0.2) is 59.6 Å². The SMILES string of the molecule is CCCCCCC(=O)N(O)NS(=O)(=O)c1ccc(-c2ccc3ccn(C)c3c2)cc1. The number of fused-ring (bicyclic) bond motifs is 1. The number of unbranched alkanes of at least 4 members (excludes halogenated alkanes) is 3. The lowest BCUT2D eigenvalue weighted by molar-refractivity contribution is -0.172. The van der Waals surface area contributed by atoms with Gasteiger partial charge in [0, 0.05) is 25.2 Å². The predicted molar refractivity (Wildman–Crippen MR) is 116 cm³/mol. The average Bonchev–Trinajstić information content (AvgIpc) is 3.11. The van der Waals surface area contributed by atoms with Crippen LogP contribution in [0.5, 0.6) is 0 Å². The zero-order chi connectivity index (χ0) is 21.7. The average molecular weight is 430 g/mol. The van der Waals surface area contributed by atoms with Crippen LogP contribution in [-0.2, 0) is 21.9 Å². The van der Waals surface area contributed by atoms with Gasteiger partial charge >= 0.3 is 0 Å². The van der Waals surface area contributed by atoms with Crippen molar-refractivity contribution in [2.75, 3.05) is 0 Å². The monoisotopic (exact) mass is 429 g/mol. The number of rotatable bonds is 9. The molecule has 3 aromatic rings. The van der Waals surface area contributed by atoms with Crippen LogP contribution < -0.4 is 4.83 Å². The number of aryl methyl sites for hydroxylation is 1. The molecule has 1 heterocycles. The van der Waals surface area contributed by atoms with E-state index in [0.29, 0.717) is 6.42 Å². The number of sulfonamides is 1. The van der Waals surface area contributed by atoms with Gasteiger partial charge in [0.05, 0.1) is 4.90 Å². The van der Waals surface area contributed by atoms with Crippen molar-refractivity contribution in [2.24, 2.45) is 7.05 Å². The Labute approximate surface area is 176 Å². The number of hydrogen-bond donors (Lipinski definition) is 2. The Morgan fingerprint density at radius 1 is 1.03 bits per heavy atom. The molecule has 0 saturated carbocycles. The Kier molecular flexibility index (Phi) is 6.91. The van der Waals surface area contributed by atoms with Crippen LogP contribution in [0.1, 0.15) is 39.0 Å². The molecule has 1 aromatic heterocycles. The number of amides is 1. The van der Waals surface area contributed by atoms with Gasteiger partial charge in [0.25, 0.3) is 15.9 Å². The lowest BCUT2D eigenvalue weighted by Crippen LogP contribution is -2.43. The molecule has 0 aliphatic rings. The van der Waals surface area contributed by atoms with Crippen molar-refractivity contribution >= 4 is 26.8 Å². The van der Waals surface area contributed by atoms with E-state index in [0.717, 1.165) is 41.3 Å². The van der Waals surface area contributed by atoms with Gasteiger partial charge in [-0.1, -0.05) is 55.3 Å². The highest BCUT2D eigenvalue weighted by Crippen LogP contribution is 2.26. The van der Waals surface area contributed by atoms with Crippen molar-refractivity contribution in [3.05, 3.63) is 54.7 Å². The number of hydrazine groups is 1. The third-order valence-corrected chi connectivity index (χ3v) is 6.38. The summed E-state index contributed by atoms with van der Waals surface area (Å²) >= 11 is 0. The summed E-state index contributed by atoms with van der Waals surface area (Å²) in [6, 6.07) is 14.4. The van der Waals surface area contributed by atoms with E-state index in [9.17, 15) is 18.4 Å². The van der Waals surface area contributed by atoms with Gasteiger partial charge in [-0.25, -0.2) is 8.42 Å². The third-order valence-electron chi connectivity index (χ3n) is 5.07. The summed E-state index contributed by atoms with van der Waals surface area (Å²) in [6.45, 7) is 2.06. The molecule has 0 aliphatic carbocycles. The number of hydrogen-bond acceptors (Lipinski definition) is 4. The summed E-state index contributed by atoms with van der Waals surface area (Å²) < 4.78 is 27.0. The van der Waals surface area contributed by atoms with E-state index in [-0.39, 0.29) is 16.5 Å². The van der Waals surface area contributed by atoms with Gasteiger partial charge in [0.2, 0.25) is 0 Å². The molecule has 0 bridgehead atoms. The van der Waals surface area contributed by atoms with E-state index in [1.807, 2.05) is 46.9 Å². The Balaban J connectivity index is 1.69. The summed E-state index contributed by atoms with van der Waals surface area (Å²) in [5, 5.41) is 11.0. The van der Waals surface area contributed by atoms with E-state index in [2.05, 4.69) is 6.92 Å². The molecular formula is C22H27N3O4S. The largest absolute Gasteiger partial charge is 0.351 e. The maximum absolute atomic E-state index is 12.5. The molecule has 30 heavy (non-hydrogen) atoms. The minimum atomic E-state index is -4.07. The topological polar surface area (TPSA) is 91.6 Å². The molecule has 2 N–H and O–H groups in total. The third kappa shape index (κ3) is 5.08. The summed E-state index contributed by atoms with van der Waals surface area (Å²) in [5.41, 5.74) is 2.91. The first kappa shape index (κ1) is 22.0. The summed E-state index contributed by atoms with van der Waals surface area (Å²) in [7, 11) is -2.10. The molecule has 0 aliphatic heterocycles. The Morgan fingerprint density at radius 3 is 2.43 bits per heavy atom. The highest BCUT2D eigenvalue weighted by molar-refractivity contribution is 7.89. The Bertz CT molecular complexity index is 1120. The number of hydroxylamine groups is 1. The second-order valence-electron chi connectivity index (χ2n) is 7.34. The predicted octanol–water partition coefficient (Wildman–Crippen LogP) is 4.23. The molecule has 8 heteroatoms. The molecular weight excluding hydrogens is 402 g/mol. The van der Waals surface area contributed by atoms with Crippen molar-refractivity contribution in [1.29, 1.82) is 0 Å². The van der Waals surface area contributed by atoms with Crippen LogP contribution in [0, 0.1) is 0 Å². The van der Waals surface area contributed by atoms with E-state index >= 15 is 0 Å². The maximum atomic E-state index is 12.5. The molecule has 0 unspecified atom stereocenters. The molecule has 1 amide bonds. The standard InChI is InChI=1S/C22H27N3O4S/c1-3-4-5-6-7-22(26)25(27)23-30(28,29)20-12-10-17(11-13-20)19-9-8-18-14-15-24(2)21(18)16-19/h8-16,23,27H,3-7H2,1-2H3. The minimum absolute atomic E-state index is 0.0379. The van der Waals surface area contributed by atoms with E-state index in [1.165, 1.54) is 12.1 Å². The zero-order valence-corrected chi connectivity index (χ0v) is 18.0. The van der Waals surface area contributed by atoms with Crippen molar-refractivity contribution in [3.8, 4) is 11.1 Å². The van der Waals surface area contributed by atoms with Crippen LogP contribution in [0.4, 0.5) is 0 Å². The molecule has 0 fully saturated rings. The highest BCUT2D eigenvalue weighted by atomic mass is 32.2. The van der Waals surface area contributed by atoms with Gasteiger partial charge in [-0.2, -0.15) is 0 Å². The Hall–Kier alpha value is -2.68. The number of carbonyl (C=O) groups is 1. The van der Waals surface area contributed by atoms with Gasteiger partial charge in [0.1, 0.15) is 0 Å². The smallest absolute Gasteiger partial charge is 0.262 e. The highest BCUT2D eigenvalue weighted by Gasteiger charge is 2.21. The van der Waals surface area contributed by atoms with E-state index in [4.69, 9.17) is 0 Å². The van der Waals surface area contributed by atoms with Crippen molar-refractivity contribution in [1.82, 2.24) is 14.6 Å². The molecule has 160 valence electrons. The molecule has 7 nitrogen and oxygen atoms in total. The normalized spacial score (nSPS) is 11.7. The van der Waals surface area contributed by atoms with E-state index in [1.54, 1.807) is 12.1 Å². The van der Waals surface area contributed by atoms with Crippen LogP contribution in [0.2, 0.25) is 0 Å². The lowest BCUT2D eigenvalue weighted by Gasteiger charge is -2.16. The van der Waals surface area contributed by atoms with Gasteiger partial charge in [-0.3, -0.25) is 10.0 Å². The van der Waals surface area contributed by atoms with E-state index < -0.39 is 15.9 Å². The lowest BCUT2D eigenvalue weighted by atomic mass is 10.0. The molecule has 2 aromatic carbocycles.